The van der Waals surface area contributed by atoms with Gasteiger partial charge in [0, 0.05) is 37.5 Å². The van der Waals surface area contributed by atoms with Crippen LogP contribution in [0.4, 0.5) is 0 Å². The summed E-state index contributed by atoms with van der Waals surface area (Å²) in [5.41, 5.74) is 1.17. The van der Waals surface area contributed by atoms with Gasteiger partial charge in [0.25, 0.3) is 5.91 Å². The number of nitrogens with zero attached hydrogens (tertiary/aromatic N) is 2. The van der Waals surface area contributed by atoms with Crippen molar-refractivity contribution in [3.63, 3.8) is 0 Å². The molecule has 2 unspecified atom stereocenters. The van der Waals surface area contributed by atoms with E-state index < -0.39 is 0 Å². The first-order chi connectivity index (χ1) is 10.6. The molecule has 2 fully saturated rings. The van der Waals surface area contributed by atoms with E-state index in [4.69, 9.17) is 9.72 Å². The van der Waals surface area contributed by atoms with Crippen molar-refractivity contribution >= 4 is 17.2 Å². The largest absolute Gasteiger partial charge is 0.366 e. The van der Waals surface area contributed by atoms with Crippen LogP contribution in [-0.4, -0.2) is 54.7 Å². The Kier molecular flexibility index (Phi) is 5.10. The molecule has 3 heterocycles. The van der Waals surface area contributed by atoms with Gasteiger partial charge in [0.05, 0.1) is 17.3 Å². The van der Waals surface area contributed by atoms with Crippen LogP contribution in [0.1, 0.15) is 49.2 Å². The summed E-state index contributed by atoms with van der Waals surface area (Å²) in [7, 11) is 0. The first kappa shape index (κ1) is 15.9. The predicted octanol–water partition coefficient (Wildman–Crippen LogP) is 1.96. The molecule has 0 aliphatic carbocycles. The molecule has 2 aliphatic heterocycles. The van der Waals surface area contributed by atoms with E-state index in [-0.39, 0.29) is 12.0 Å². The zero-order valence-corrected chi connectivity index (χ0v) is 14.2. The summed E-state index contributed by atoms with van der Waals surface area (Å²) in [5, 5.41) is 6.58. The number of hydrogen-bond acceptors (Lipinski definition) is 5. The number of nitrogens with one attached hydrogen (secondary N) is 1. The highest BCUT2D eigenvalue weighted by atomic mass is 32.1. The molecule has 2 saturated heterocycles. The average Bonchev–Trinajstić information content (AvgIpc) is 3.05. The van der Waals surface area contributed by atoms with E-state index in [0.29, 0.717) is 25.0 Å². The fraction of sp³-hybridized carbons (Fsp3) is 0.750. The third kappa shape index (κ3) is 3.50. The number of ether oxygens (including phenoxy) is 1. The molecule has 1 N–H and O–H groups in total. The molecule has 2 atom stereocenters. The SMILES string of the molecule is CC(C)c1csc(C2CCCN(C(=O)C3CNCCO3)C2)n1. The molecule has 0 radical (unpaired) electrons. The second-order valence-electron chi connectivity index (χ2n) is 6.45. The van der Waals surface area contributed by atoms with Gasteiger partial charge in [0.1, 0.15) is 6.10 Å². The molecular weight excluding hydrogens is 298 g/mol. The normalized spacial score (nSPS) is 26.4. The Morgan fingerprint density at radius 3 is 3.09 bits per heavy atom. The van der Waals surface area contributed by atoms with Gasteiger partial charge in [-0.1, -0.05) is 13.8 Å². The lowest BCUT2D eigenvalue weighted by molar-refractivity contribution is -0.146. The quantitative estimate of drug-likeness (QED) is 0.924. The van der Waals surface area contributed by atoms with Crippen molar-refractivity contribution in [2.45, 2.75) is 44.6 Å². The molecule has 0 saturated carbocycles. The van der Waals surface area contributed by atoms with Crippen LogP contribution in [0, 0.1) is 0 Å². The van der Waals surface area contributed by atoms with E-state index in [9.17, 15) is 4.79 Å². The van der Waals surface area contributed by atoms with Gasteiger partial charge in [-0.2, -0.15) is 0 Å². The van der Waals surface area contributed by atoms with Crippen LogP contribution in [0.3, 0.4) is 0 Å². The molecule has 1 amide bonds. The minimum atomic E-state index is -0.310. The molecule has 6 heteroatoms. The lowest BCUT2D eigenvalue weighted by atomic mass is 9.98. The van der Waals surface area contributed by atoms with E-state index in [2.05, 4.69) is 24.5 Å². The van der Waals surface area contributed by atoms with Gasteiger partial charge in [-0.3, -0.25) is 4.79 Å². The van der Waals surface area contributed by atoms with Crippen molar-refractivity contribution in [3.8, 4) is 0 Å². The van der Waals surface area contributed by atoms with Gasteiger partial charge >= 0.3 is 0 Å². The number of hydrogen-bond donors (Lipinski definition) is 1. The molecule has 0 aromatic carbocycles. The predicted molar refractivity (Wildman–Crippen MR) is 87.4 cm³/mol. The molecule has 22 heavy (non-hydrogen) atoms. The van der Waals surface area contributed by atoms with Crippen LogP contribution < -0.4 is 5.32 Å². The van der Waals surface area contributed by atoms with Gasteiger partial charge in [-0.25, -0.2) is 4.98 Å². The number of morpholine rings is 1. The van der Waals surface area contributed by atoms with E-state index in [1.807, 2.05) is 4.90 Å². The van der Waals surface area contributed by atoms with E-state index in [1.165, 1.54) is 10.7 Å². The third-order valence-electron chi connectivity index (χ3n) is 4.42. The maximum atomic E-state index is 12.6. The average molecular weight is 323 g/mol. The Balaban J connectivity index is 1.64. The first-order valence-electron chi connectivity index (χ1n) is 8.21. The van der Waals surface area contributed by atoms with Crippen LogP contribution in [0.15, 0.2) is 5.38 Å². The smallest absolute Gasteiger partial charge is 0.253 e. The highest BCUT2D eigenvalue weighted by Crippen LogP contribution is 2.31. The van der Waals surface area contributed by atoms with Crippen LogP contribution in [0.25, 0.3) is 0 Å². The summed E-state index contributed by atoms with van der Waals surface area (Å²) in [6, 6.07) is 0. The lowest BCUT2D eigenvalue weighted by Gasteiger charge is -2.35. The Morgan fingerprint density at radius 2 is 2.41 bits per heavy atom. The molecule has 0 bridgehead atoms. The van der Waals surface area contributed by atoms with Crippen molar-refractivity contribution in [3.05, 3.63) is 16.1 Å². The number of carbonyl (C=O) groups is 1. The lowest BCUT2D eigenvalue weighted by Crippen LogP contribution is -2.51. The van der Waals surface area contributed by atoms with Gasteiger partial charge in [0.2, 0.25) is 0 Å². The zero-order chi connectivity index (χ0) is 15.5. The van der Waals surface area contributed by atoms with Crippen LogP contribution in [0.2, 0.25) is 0 Å². The molecule has 1 aromatic heterocycles. The number of carbonyl (C=O) groups excluding carboxylic acids is 1. The molecular formula is C16H25N3O2S. The number of thiazole rings is 1. The molecule has 0 spiro atoms. The molecule has 2 aliphatic rings. The van der Waals surface area contributed by atoms with Crippen LogP contribution in [0.5, 0.6) is 0 Å². The highest BCUT2D eigenvalue weighted by molar-refractivity contribution is 7.09. The summed E-state index contributed by atoms with van der Waals surface area (Å²) < 4.78 is 5.60. The molecule has 122 valence electrons. The number of piperidine rings is 1. The summed E-state index contributed by atoms with van der Waals surface area (Å²) in [4.78, 5) is 19.3. The van der Waals surface area contributed by atoms with E-state index >= 15 is 0 Å². The van der Waals surface area contributed by atoms with E-state index in [1.54, 1.807) is 11.3 Å². The fourth-order valence-electron chi connectivity index (χ4n) is 3.06. The Labute approximate surface area is 136 Å². The van der Waals surface area contributed by atoms with Crippen LogP contribution in [-0.2, 0) is 9.53 Å². The number of rotatable bonds is 3. The fourth-order valence-corrected chi connectivity index (χ4v) is 4.17. The summed E-state index contributed by atoms with van der Waals surface area (Å²) in [6.07, 6.45) is 1.86. The van der Waals surface area contributed by atoms with Crippen LogP contribution >= 0.6 is 11.3 Å². The summed E-state index contributed by atoms with van der Waals surface area (Å²) in [6.45, 7) is 8.06. The van der Waals surface area contributed by atoms with E-state index in [0.717, 1.165) is 32.5 Å². The van der Waals surface area contributed by atoms with Gasteiger partial charge in [-0.05, 0) is 18.8 Å². The molecule has 5 nitrogen and oxygen atoms in total. The topological polar surface area (TPSA) is 54.5 Å². The van der Waals surface area contributed by atoms with Crippen molar-refractivity contribution in [2.75, 3.05) is 32.8 Å². The number of likely N-dealkylation sites (tertiary alicyclic amines) is 1. The minimum absolute atomic E-state index is 0.137. The van der Waals surface area contributed by atoms with Crippen molar-refractivity contribution in [1.82, 2.24) is 15.2 Å². The Hall–Kier alpha value is -0.980. The number of aromatic nitrogens is 1. The monoisotopic (exact) mass is 323 g/mol. The molecule has 3 rings (SSSR count). The Bertz CT molecular complexity index is 511. The van der Waals surface area contributed by atoms with Gasteiger partial charge in [0.15, 0.2) is 0 Å². The van der Waals surface area contributed by atoms with Crippen molar-refractivity contribution in [2.24, 2.45) is 0 Å². The highest BCUT2D eigenvalue weighted by Gasteiger charge is 2.32. The standard InChI is InChI=1S/C16H25N3O2S/c1-11(2)13-10-22-15(18-13)12-4-3-6-19(9-12)16(20)14-8-17-5-7-21-14/h10-12,14,17H,3-9H2,1-2H3. The third-order valence-corrected chi connectivity index (χ3v) is 5.44. The molecule has 1 aromatic rings. The maximum absolute atomic E-state index is 12.6. The zero-order valence-electron chi connectivity index (χ0n) is 13.4. The second kappa shape index (κ2) is 7.06. The maximum Gasteiger partial charge on any atom is 0.253 e. The summed E-state index contributed by atoms with van der Waals surface area (Å²) >= 11 is 1.74. The Morgan fingerprint density at radius 1 is 1.55 bits per heavy atom. The first-order valence-corrected chi connectivity index (χ1v) is 9.09. The van der Waals surface area contributed by atoms with Gasteiger partial charge in [-0.15, -0.1) is 11.3 Å². The summed E-state index contributed by atoms with van der Waals surface area (Å²) in [5.74, 6) is 0.984. The second-order valence-corrected chi connectivity index (χ2v) is 7.34. The van der Waals surface area contributed by atoms with Crippen molar-refractivity contribution < 1.29 is 9.53 Å². The van der Waals surface area contributed by atoms with Gasteiger partial charge < -0.3 is 15.0 Å². The number of amides is 1. The van der Waals surface area contributed by atoms with Crippen molar-refractivity contribution in [1.29, 1.82) is 0 Å². The minimum Gasteiger partial charge on any atom is -0.366 e.